The third kappa shape index (κ3) is 4.78. The highest BCUT2D eigenvalue weighted by atomic mass is 16.7. The molecule has 27 heavy (non-hydrogen) atoms. The van der Waals surface area contributed by atoms with E-state index in [1.165, 1.54) is 0 Å². The molecule has 142 valence electrons. The van der Waals surface area contributed by atoms with Crippen LogP contribution in [0.25, 0.3) is 0 Å². The molecule has 0 fully saturated rings. The van der Waals surface area contributed by atoms with Crippen LogP contribution in [0.4, 0.5) is 5.69 Å². The van der Waals surface area contributed by atoms with E-state index in [1.54, 1.807) is 0 Å². The molecule has 6 heteroatoms. The Kier molecular flexibility index (Phi) is 5.64. The van der Waals surface area contributed by atoms with Crippen LogP contribution in [0.15, 0.2) is 30.3 Å². The molecule has 6 nitrogen and oxygen atoms in total. The van der Waals surface area contributed by atoms with E-state index in [-0.39, 0.29) is 25.2 Å². The molecule has 0 saturated heterocycles. The van der Waals surface area contributed by atoms with Gasteiger partial charge in [0.05, 0.1) is 6.54 Å². The first-order valence-corrected chi connectivity index (χ1v) is 8.95. The van der Waals surface area contributed by atoms with Gasteiger partial charge in [0.2, 0.25) is 18.6 Å². The van der Waals surface area contributed by atoms with E-state index in [4.69, 9.17) is 9.47 Å². The third-order valence-corrected chi connectivity index (χ3v) is 4.47. The Hall–Kier alpha value is -3.02. The molecule has 0 aromatic heterocycles. The number of nitrogens with one attached hydrogen (secondary N) is 2. The lowest BCUT2D eigenvalue weighted by Crippen LogP contribution is -2.33. The second-order valence-electron chi connectivity index (χ2n) is 6.79. The molecule has 1 aliphatic heterocycles. The topological polar surface area (TPSA) is 76.7 Å². The second-order valence-corrected chi connectivity index (χ2v) is 6.79. The van der Waals surface area contributed by atoms with Crippen molar-refractivity contribution in [3.05, 3.63) is 52.6 Å². The molecular weight excluding hydrogens is 344 g/mol. The van der Waals surface area contributed by atoms with Gasteiger partial charge in [0, 0.05) is 12.1 Å². The zero-order valence-corrected chi connectivity index (χ0v) is 15.8. The maximum absolute atomic E-state index is 12.2. The van der Waals surface area contributed by atoms with E-state index >= 15 is 0 Å². The SMILES string of the molecule is Cc1cc(C)c(NC(=O)CNC(=O)CCc2ccc3c(c2)OCO3)c(C)c1. The zero-order chi connectivity index (χ0) is 19.4. The summed E-state index contributed by atoms with van der Waals surface area (Å²) in [5.74, 6) is 1.03. The molecule has 2 aromatic rings. The van der Waals surface area contributed by atoms with E-state index in [0.29, 0.717) is 18.6 Å². The lowest BCUT2D eigenvalue weighted by Gasteiger charge is -2.13. The van der Waals surface area contributed by atoms with Crippen molar-refractivity contribution in [3.8, 4) is 11.5 Å². The number of anilines is 1. The maximum Gasteiger partial charge on any atom is 0.243 e. The number of rotatable bonds is 6. The van der Waals surface area contributed by atoms with Crippen LogP contribution >= 0.6 is 0 Å². The van der Waals surface area contributed by atoms with Gasteiger partial charge >= 0.3 is 0 Å². The van der Waals surface area contributed by atoms with Crippen molar-refractivity contribution < 1.29 is 19.1 Å². The summed E-state index contributed by atoms with van der Waals surface area (Å²) in [4.78, 5) is 24.2. The number of aryl methyl sites for hydroxylation is 4. The monoisotopic (exact) mass is 368 g/mol. The first kappa shape index (κ1) is 18.8. The Morgan fingerprint density at radius 1 is 0.963 bits per heavy atom. The predicted octanol–water partition coefficient (Wildman–Crippen LogP) is 3.03. The van der Waals surface area contributed by atoms with Gasteiger partial charge in [-0.1, -0.05) is 23.8 Å². The van der Waals surface area contributed by atoms with Gasteiger partial charge in [-0.2, -0.15) is 0 Å². The number of ether oxygens (including phenoxy) is 2. The Morgan fingerprint density at radius 3 is 2.41 bits per heavy atom. The maximum atomic E-state index is 12.2. The molecule has 0 atom stereocenters. The van der Waals surface area contributed by atoms with Gasteiger partial charge in [-0.15, -0.1) is 0 Å². The minimum atomic E-state index is -0.235. The highest BCUT2D eigenvalue weighted by molar-refractivity contribution is 5.95. The van der Waals surface area contributed by atoms with Crippen molar-refractivity contribution in [2.24, 2.45) is 0 Å². The van der Waals surface area contributed by atoms with Crippen molar-refractivity contribution in [3.63, 3.8) is 0 Å². The third-order valence-electron chi connectivity index (χ3n) is 4.47. The van der Waals surface area contributed by atoms with Crippen molar-refractivity contribution in [1.82, 2.24) is 5.32 Å². The summed E-state index contributed by atoms with van der Waals surface area (Å²) in [7, 11) is 0. The van der Waals surface area contributed by atoms with Crippen molar-refractivity contribution in [2.45, 2.75) is 33.6 Å². The summed E-state index contributed by atoms with van der Waals surface area (Å²) in [6.45, 7) is 6.12. The lowest BCUT2D eigenvalue weighted by molar-refractivity contribution is -0.124. The summed E-state index contributed by atoms with van der Waals surface area (Å²) >= 11 is 0. The normalized spacial score (nSPS) is 12.0. The Bertz CT molecular complexity index is 853. The first-order valence-electron chi connectivity index (χ1n) is 8.95. The standard InChI is InChI=1S/C21H24N2O4/c1-13-8-14(2)21(15(3)9-13)23-20(25)11-22-19(24)7-5-16-4-6-17-18(10-16)27-12-26-17/h4,6,8-10H,5,7,11-12H2,1-3H3,(H,22,24)(H,23,25). The summed E-state index contributed by atoms with van der Waals surface area (Å²) in [6.07, 6.45) is 0.871. The molecule has 2 N–H and O–H groups in total. The molecule has 0 unspecified atom stereocenters. The largest absolute Gasteiger partial charge is 0.454 e. The van der Waals surface area contributed by atoms with Gasteiger partial charge < -0.3 is 20.1 Å². The molecule has 1 heterocycles. The number of fused-ring (bicyclic) bond motifs is 1. The van der Waals surface area contributed by atoms with Crippen LogP contribution in [0, 0.1) is 20.8 Å². The molecule has 0 spiro atoms. The van der Waals surface area contributed by atoms with Crippen molar-refractivity contribution >= 4 is 17.5 Å². The van der Waals surface area contributed by atoms with Crippen LogP contribution in [0.5, 0.6) is 11.5 Å². The van der Waals surface area contributed by atoms with Gasteiger partial charge in [0.15, 0.2) is 11.5 Å². The first-order chi connectivity index (χ1) is 12.9. The Morgan fingerprint density at radius 2 is 1.67 bits per heavy atom. The minimum absolute atomic E-state index is 0.0489. The van der Waals surface area contributed by atoms with Gasteiger partial charge in [-0.25, -0.2) is 0 Å². The van der Waals surface area contributed by atoms with E-state index < -0.39 is 0 Å². The molecule has 2 aromatic carbocycles. The number of benzene rings is 2. The predicted molar refractivity (Wildman–Crippen MR) is 103 cm³/mol. The van der Waals surface area contributed by atoms with E-state index in [0.717, 1.165) is 33.7 Å². The second kappa shape index (κ2) is 8.12. The van der Waals surface area contributed by atoms with Crippen molar-refractivity contribution in [2.75, 3.05) is 18.7 Å². The van der Waals surface area contributed by atoms with E-state index in [9.17, 15) is 9.59 Å². The summed E-state index contributed by atoms with van der Waals surface area (Å²) in [5, 5.41) is 5.55. The number of hydrogen-bond donors (Lipinski definition) is 2. The average molecular weight is 368 g/mol. The van der Waals surface area contributed by atoms with Gasteiger partial charge in [0.1, 0.15) is 0 Å². The van der Waals surface area contributed by atoms with Crippen LogP contribution in [0.2, 0.25) is 0 Å². The van der Waals surface area contributed by atoms with Gasteiger partial charge in [-0.3, -0.25) is 9.59 Å². The number of hydrogen-bond acceptors (Lipinski definition) is 4. The van der Waals surface area contributed by atoms with E-state index in [2.05, 4.69) is 10.6 Å². The Balaban J connectivity index is 1.46. The van der Waals surface area contributed by atoms with Gasteiger partial charge in [0.25, 0.3) is 0 Å². The fraction of sp³-hybridized carbons (Fsp3) is 0.333. The van der Waals surface area contributed by atoms with Crippen LogP contribution in [-0.2, 0) is 16.0 Å². The average Bonchev–Trinajstić information content (AvgIpc) is 3.09. The molecule has 0 aliphatic carbocycles. The molecule has 0 bridgehead atoms. The fourth-order valence-corrected chi connectivity index (χ4v) is 3.18. The molecule has 0 saturated carbocycles. The minimum Gasteiger partial charge on any atom is -0.454 e. The fourth-order valence-electron chi connectivity index (χ4n) is 3.18. The lowest BCUT2D eigenvalue weighted by atomic mass is 10.1. The van der Waals surface area contributed by atoms with Crippen molar-refractivity contribution in [1.29, 1.82) is 0 Å². The Labute approximate surface area is 158 Å². The molecule has 2 amide bonds. The molecule has 1 aliphatic rings. The highest BCUT2D eigenvalue weighted by Gasteiger charge is 2.14. The smallest absolute Gasteiger partial charge is 0.243 e. The van der Waals surface area contributed by atoms with Crippen LogP contribution in [-0.4, -0.2) is 25.2 Å². The zero-order valence-electron chi connectivity index (χ0n) is 15.8. The molecular formula is C21H24N2O4. The van der Waals surface area contributed by atoms with E-state index in [1.807, 2.05) is 51.1 Å². The number of carbonyl (C=O) groups is 2. The van der Waals surface area contributed by atoms with Crippen LogP contribution in [0.3, 0.4) is 0 Å². The summed E-state index contributed by atoms with van der Waals surface area (Å²) in [5.41, 5.74) is 4.97. The number of carbonyl (C=O) groups excluding carboxylic acids is 2. The summed E-state index contributed by atoms with van der Waals surface area (Å²) < 4.78 is 10.6. The highest BCUT2D eigenvalue weighted by Crippen LogP contribution is 2.32. The van der Waals surface area contributed by atoms with Gasteiger partial charge in [-0.05, 0) is 56.0 Å². The quantitative estimate of drug-likeness (QED) is 0.822. The van der Waals surface area contributed by atoms with Crippen LogP contribution < -0.4 is 20.1 Å². The number of amides is 2. The molecule has 3 rings (SSSR count). The summed E-state index contributed by atoms with van der Waals surface area (Å²) in [6, 6.07) is 9.68. The van der Waals surface area contributed by atoms with Crippen LogP contribution in [0.1, 0.15) is 28.7 Å². The molecule has 0 radical (unpaired) electrons.